The van der Waals surface area contributed by atoms with Crippen LogP contribution in [0.3, 0.4) is 0 Å². The molecule has 3 rings (SSSR count). The minimum absolute atomic E-state index is 0.235. The van der Waals surface area contributed by atoms with Crippen molar-refractivity contribution in [3.63, 3.8) is 0 Å². The summed E-state index contributed by atoms with van der Waals surface area (Å²) in [6.07, 6.45) is 1.64. The molecule has 3 aromatic rings. The van der Waals surface area contributed by atoms with Gasteiger partial charge in [-0.25, -0.2) is 0 Å². The molecule has 24 heavy (non-hydrogen) atoms. The average molecular weight is 387 g/mol. The van der Waals surface area contributed by atoms with Crippen molar-refractivity contribution in [1.29, 1.82) is 0 Å². The molecule has 0 aliphatic heterocycles. The number of fused-ring (bicyclic) bond motifs is 1. The Morgan fingerprint density at radius 1 is 0.917 bits per heavy atom. The van der Waals surface area contributed by atoms with E-state index in [4.69, 9.17) is 9.47 Å². The Hall–Kier alpha value is -2.10. The van der Waals surface area contributed by atoms with Gasteiger partial charge in [-0.05, 0) is 0 Å². The molecule has 4 nitrogen and oxygen atoms in total. The van der Waals surface area contributed by atoms with Crippen LogP contribution in [0.1, 0.15) is 19.4 Å². The number of rotatable bonds is 7. The molecular formula is C19H20N2O2Se. The molecule has 1 aromatic heterocycles. The summed E-state index contributed by atoms with van der Waals surface area (Å²) in [6.45, 7) is 5.14. The number of hydrogen-bond donors (Lipinski definition) is 0. The van der Waals surface area contributed by atoms with Crippen LogP contribution in [0, 0.1) is 0 Å². The van der Waals surface area contributed by atoms with Crippen LogP contribution >= 0.6 is 0 Å². The molecule has 0 atom stereocenters. The fraction of sp³-hybridized carbons (Fsp3) is 0.263. The summed E-state index contributed by atoms with van der Waals surface area (Å²) in [5.41, 5.74) is 2.24. The van der Waals surface area contributed by atoms with Crippen LogP contribution in [0.5, 0.6) is 11.5 Å². The van der Waals surface area contributed by atoms with Crippen LogP contribution in [0.4, 0.5) is 0 Å². The van der Waals surface area contributed by atoms with Gasteiger partial charge in [0.25, 0.3) is 0 Å². The zero-order chi connectivity index (χ0) is 16.8. The van der Waals surface area contributed by atoms with E-state index in [0.29, 0.717) is 13.2 Å². The number of aromatic nitrogens is 2. The van der Waals surface area contributed by atoms with Gasteiger partial charge in [0.1, 0.15) is 0 Å². The first kappa shape index (κ1) is 16.7. The third-order valence-corrected chi connectivity index (χ3v) is 5.74. The summed E-state index contributed by atoms with van der Waals surface area (Å²) >= 11 is 0.235. The van der Waals surface area contributed by atoms with Gasteiger partial charge >= 0.3 is 148 Å². The summed E-state index contributed by atoms with van der Waals surface area (Å²) < 4.78 is 12.5. The fourth-order valence-electron chi connectivity index (χ4n) is 2.42. The summed E-state index contributed by atoms with van der Waals surface area (Å²) in [4.78, 5) is 8.92. The van der Waals surface area contributed by atoms with Crippen LogP contribution in [-0.4, -0.2) is 38.1 Å². The van der Waals surface area contributed by atoms with E-state index in [1.807, 2.05) is 32.0 Å². The Morgan fingerprint density at radius 2 is 1.62 bits per heavy atom. The molecule has 0 unspecified atom stereocenters. The van der Waals surface area contributed by atoms with Gasteiger partial charge in [0.05, 0.1) is 0 Å². The Labute approximate surface area is 148 Å². The van der Waals surface area contributed by atoms with E-state index in [1.165, 1.54) is 5.56 Å². The van der Waals surface area contributed by atoms with E-state index in [2.05, 4.69) is 34.2 Å². The molecule has 2 aromatic carbocycles. The summed E-state index contributed by atoms with van der Waals surface area (Å²) in [6, 6.07) is 14.5. The number of benzene rings is 2. The Bertz CT molecular complexity index is 809. The monoisotopic (exact) mass is 388 g/mol. The molecule has 0 saturated carbocycles. The molecule has 0 fully saturated rings. The molecule has 0 aliphatic rings. The predicted octanol–water partition coefficient (Wildman–Crippen LogP) is 2.96. The average Bonchev–Trinajstić information content (AvgIpc) is 2.62. The standard InChI is InChI=1S/C19H20N2O2Se/c1-3-22-17-10-15-16(11-18(17)23-4-2)20-13-21-19(15)24-12-14-8-6-5-7-9-14/h5-11,13H,3-4,12H2,1-2H3. The quantitative estimate of drug-likeness (QED) is 0.585. The Balaban J connectivity index is 1.94. The van der Waals surface area contributed by atoms with E-state index in [9.17, 15) is 0 Å². The van der Waals surface area contributed by atoms with Crippen molar-refractivity contribution in [3.8, 4) is 11.5 Å². The second-order valence-corrected chi connectivity index (χ2v) is 7.16. The van der Waals surface area contributed by atoms with Crippen LogP contribution in [0.2, 0.25) is 0 Å². The van der Waals surface area contributed by atoms with Crippen molar-refractivity contribution in [2.24, 2.45) is 0 Å². The van der Waals surface area contributed by atoms with Gasteiger partial charge in [0.15, 0.2) is 0 Å². The van der Waals surface area contributed by atoms with Gasteiger partial charge in [0, 0.05) is 0 Å². The van der Waals surface area contributed by atoms with Crippen molar-refractivity contribution in [2.45, 2.75) is 19.2 Å². The molecule has 0 bridgehead atoms. The van der Waals surface area contributed by atoms with E-state index in [1.54, 1.807) is 6.33 Å². The third kappa shape index (κ3) is 3.86. The van der Waals surface area contributed by atoms with Crippen molar-refractivity contribution >= 4 is 30.5 Å². The van der Waals surface area contributed by atoms with E-state index in [0.717, 1.165) is 32.3 Å². The van der Waals surface area contributed by atoms with Crippen LogP contribution < -0.4 is 14.1 Å². The first-order valence-corrected chi connectivity index (χ1v) is 10.1. The van der Waals surface area contributed by atoms with Crippen molar-refractivity contribution in [2.75, 3.05) is 13.2 Å². The molecule has 0 N–H and O–H groups in total. The number of ether oxygens (including phenoxy) is 2. The maximum absolute atomic E-state index is 5.74. The van der Waals surface area contributed by atoms with Crippen molar-refractivity contribution < 1.29 is 9.47 Å². The minimum atomic E-state index is 0.235. The van der Waals surface area contributed by atoms with Gasteiger partial charge in [-0.2, -0.15) is 0 Å². The van der Waals surface area contributed by atoms with Crippen molar-refractivity contribution in [3.05, 3.63) is 54.4 Å². The van der Waals surface area contributed by atoms with Gasteiger partial charge in [0.2, 0.25) is 0 Å². The molecule has 124 valence electrons. The summed E-state index contributed by atoms with van der Waals surface area (Å²) in [5.74, 6) is 1.51. The maximum atomic E-state index is 5.74. The fourth-order valence-corrected chi connectivity index (χ4v) is 4.38. The molecule has 5 heteroatoms. The summed E-state index contributed by atoms with van der Waals surface area (Å²) in [5, 5.41) is 2.07. The number of hydrogen-bond acceptors (Lipinski definition) is 4. The second-order valence-electron chi connectivity index (χ2n) is 5.14. The van der Waals surface area contributed by atoms with Crippen LogP contribution in [0.15, 0.2) is 48.8 Å². The second kappa shape index (κ2) is 8.13. The SMILES string of the molecule is CCOc1cc2ncnc([Se]Cc3ccccc3)c2cc1OCC. The normalized spacial score (nSPS) is 10.8. The van der Waals surface area contributed by atoms with Gasteiger partial charge < -0.3 is 0 Å². The van der Waals surface area contributed by atoms with E-state index >= 15 is 0 Å². The zero-order valence-electron chi connectivity index (χ0n) is 13.9. The molecular weight excluding hydrogens is 367 g/mol. The topological polar surface area (TPSA) is 44.2 Å². The van der Waals surface area contributed by atoms with E-state index in [-0.39, 0.29) is 15.0 Å². The first-order chi connectivity index (χ1) is 11.8. The van der Waals surface area contributed by atoms with Crippen LogP contribution in [0.25, 0.3) is 10.9 Å². The molecule has 0 saturated heterocycles. The van der Waals surface area contributed by atoms with Gasteiger partial charge in [-0.15, -0.1) is 0 Å². The zero-order valence-corrected chi connectivity index (χ0v) is 15.6. The van der Waals surface area contributed by atoms with E-state index < -0.39 is 0 Å². The molecule has 0 radical (unpaired) electrons. The van der Waals surface area contributed by atoms with Gasteiger partial charge in [-0.3, -0.25) is 0 Å². The third-order valence-electron chi connectivity index (χ3n) is 3.48. The predicted molar refractivity (Wildman–Crippen MR) is 97.4 cm³/mol. The van der Waals surface area contributed by atoms with Crippen LogP contribution in [-0.2, 0) is 5.32 Å². The van der Waals surface area contributed by atoms with Gasteiger partial charge in [-0.1, -0.05) is 0 Å². The first-order valence-electron chi connectivity index (χ1n) is 8.03. The molecule has 0 aliphatic carbocycles. The molecule has 1 heterocycles. The Kier molecular flexibility index (Phi) is 5.68. The van der Waals surface area contributed by atoms with Crippen molar-refractivity contribution in [1.82, 2.24) is 9.97 Å². The summed E-state index contributed by atoms with van der Waals surface area (Å²) in [7, 11) is 0. The molecule has 0 amide bonds. The number of nitrogens with zero attached hydrogens (tertiary/aromatic N) is 2. The molecule has 0 spiro atoms. The Morgan fingerprint density at radius 3 is 2.33 bits per heavy atom.